The summed E-state index contributed by atoms with van der Waals surface area (Å²) in [7, 11) is 0. The highest BCUT2D eigenvalue weighted by Crippen LogP contribution is 2.42. The first-order valence-corrected chi connectivity index (χ1v) is 39.9. The predicted octanol–water partition coefficient (Wildman–Crippen LogP) is 17.4. The average Bonchev–Trinajstić information content (AvgIpc) is 1.43. The van der Waals surface area contributed by atoms with Crippen LogP contribution in [0.15, 0.2) is 270 Å². The molecule has 0 radical (unpaired) electrons. The Labute approximate surface area is 682 Å². The molecule has 0 unspecified atom stereocenters. The van der Waals surface area contributed by atoms with E-state index in [0.29, 0.717) is 35.8 Å². The SMILES string of the molecule is C1CCOC1.CC#N.CCN.CCN=C(NC#N)N1CCC(Cn2c(C)nc3ccccc32)(c2ccccc2)CC1.Cc1nc2ccccc2n1CC1(c2ccccc2)CCN(C(=NC#N)Oc2ccccc2)CC1.Cc1nc2ccccc2n1CC1(c2ccccc2)CCNCC1.[C-]#[N+]N=C(Oc1ccccc1)Oc1ccccc1. The molecule has 0 aliphatic carbocycles. The van der Waals surface area contributed by atoms with Crippen LogP contribution in [0.5, 0.6) is 17.2 Å². The van der Waals surface area contributed by atoms with Gasteiger partial charge >= 0.3 is 12.1 Å². The maximum Gasteiger partial charge on any atom is 0.475 e. The van der Waals surface area contributed by atoms with Crippen LogP contribution in [-0.2, 0) is 40.6 Å². The minimum absolute atomic E-state index is 0.00988. The van der Waals surface area contributed by atoms with Crippen molar-refractivity contribution in [2.45, 2.75) is 129 Å². The van der Waals surface area contributed by atoms with Gasteiger partial charge < -0.3 is 53.5 Å². The number of likely N-dealkylation sites (tertiary alicyclic amines) is 2. The Hall–Kier alpha value is -13.0. The number of piperidine rings is 3. The molecule has 9 aromatic carbocycles. The zero-order chi connectivity index (χ0) is 81.6. The third-order valence-electron chi connectivity index (χ3n) is 21.1. The number of rotatable bonds is 13. The second-order valence-electron chi connectivity index (χ2n) is 28.6. The quantitative estimate of drug-likeness (QED) is 0.0242. The third kappa shape index (κ3) is 23.4. The van der Waals surface area contributed by atoms with E-state index in [9.17, 15) is 5.26 Å². The Balaban J connectivity index is 0.000000159. The van der Waals surface area contributed by atoms with Crippen LogP contribution in [0.3, 0.4) is 0 Å². The van der Waals surface area contributed by atoms with Gasteiger partial charge in [0.25, 0.3) is 0 Å². The molecule has 16 rings (SSSR count). The normalized spacial score (nSPS) is 15.0. The minimum atomic E-state index is -0.0950. The Morgan fingerprint density at radius 3 is 1.16 bits per heavy atom. The number of aliphatic imine (C=N–C) groups is 2. The van der Waals surface area contributed by atoms with Crippen LogP contribution >= 0.6 is 0 Å². The highest BCUT2D eigenvalue weighted by Gasteiger charge is 2.41. The number of nitrogens with two attached hydrogens (primary N) is 1. The van der Waals surface area contributed by atoms with Gasteiger partial charge in [-0.15, -0.1) is 9.95 Å². The number of benzene rings is 9. The summed E-state index contributed by atoms with van der Waals surface area (Å²) in [5.41, 5.74) is 15.9. The van der Waals surface area contributed by atoms with Crippen LogP contribution in [0.4, 0.5) is 0 Å². The molecule has 0 atom stereocenters. The molecule has 22 nitrogen and oxygen atoms in total. The maximum absolute atomic E-state index is 9.27. The fourth-order valence-electron chi connectivity index (χ4n) is 15.3. The topological polar surface area (TPSA) is 260 Å². The van der Waals surface area contributed by atoms with Gasteiger partial charge in [0.1, 0.15) is 34.7 Å². The zero-order valence-electron chi connectivity index (χ0n) is 67.5. The highest BCUT2D eigenvalue weighted by atomic mass is 16.7. The van der Waals surface area contributed by atoms with Crippen molar-refractivity contribution in [2.24, 2.45) is 20.8 Å². The number of nitrogens with zero attached hydrogens (tertiary/aromatic N) is 15. The number of guanidine groups is 1. The van der Waals surface area contributed by atoms with Crippen LogP contribution in [-0.4, -0.2) is 122 Å². The largest absolute Gasteiger partial charge is 0.475 e. The Kier molecular flexibility index (Phi) is 32.8. The molecule has 596 valence electrons. The van der Waals surface area contributed by atoms with E-state index < -0.39 is 0 Å². The number of hydrogen-bond acceptors (Lipinski definition) is 15. The van der Waals surface area contributed by atoms with Gasteiger partial charge in [-0.3, -0.25) is 10.3 Å². The van der Waals surface area contributed by atoms with Gasteiger partial charge in [0.15, 0.2) is 11.3 Å². The zero-order valence-corrected chi connectivity index (χ0v) is 67.5. The first kappa shape index (κ1) is 85.5. The van der Waals surface area contributed by atoms with Crippen molar-refractivity contribution in [1.29, 1.82) is 15.8 Å². The monoisotopic (exact) mass is 1550 g/mol. The van der Waals surface area contributed by atoms with Crippen LogP contribution < -0.4 is 30.6 Å². The lowest BCUT2D eigenvalue weighted by atomic mass is 9.72. The molecule has 0 bridgehead atoms. The molecule has 4 saturated heterocycles. The maximum atomic E-state index is 9.27. The standard InChI is InChI=1S/C28H27N5O.C24H28N6.C20H23N3.C14H10N2O2.C4H8O.C2H7N.C2H3N/c1-22-31-25-14-8-9-15-26(25)33(22)20-28(23-10-4-2-5-11-23)16-18-32(19-17-28)27(30-21-29)34-24-12-6-3-7-13-24;1-3-26-23(27-18-25)29-15-13-24(14-16-29,20-9-5-4-6-10-20)17-30-19(2)28-21-11-7-8-12-22(21)30;1-16-22-18-9-5-6-10-19(18)23(16)15-20(11-13-21-14-12-20)17-7-3-2-4-8-17;1-15-16-14(17-12-8-4-2-5-9-12)18-13-10-6-3-7-11-13;1-2-4-5-3-1;2*1-2-3/h2-15H,16-20H2,1H3;4-12H,3,13-17H2,1-2H3,(H,26,27);2-10,21H,11-15H2,1H3;2-11H;1-4H2;2-3H2,1H3;1H3. The number of nitriles is 3. The minimum Gasteiger partial charge on any atom is -0.425 e. The smallest absolute Gasteiger partial charge is 0.425 e. The van der Waals surface area contributed by atoms with Crippen molar-refractivity contribution >= 4 is 51.2 Å². The van der Waals surface area contributed by atoms with E-state index in [1.807, 2.05) is 105 Å². The molecular weight excluding hydrogens is 1450 g/mol. The molecule has 116 heavy (non-hydrogen) atoms. The summed E-state index contributed by atoms with van der Waals surface area (Å²) in [5.74, 6) is 5.68. The number of aryl methyl sites for hydroxylation is 3. The lowest BCUT2D eigenvalue weighted by Crippen LogP contribution is -2.50. The van der Waals surface area contributed by atoms with Crippen LogP contribution in [0.2, 0.25) is 0 Å². The summed E-state index contributed by atoms with van der Waals surface area (Å²) in [6, 6.07) is 87.5. The number of fused-ring (bicyclic) bond motifs is 3. The van der Waals surface area contributed by atoms with Gasteiger partial charge in [-0.05, 0) is 188 Å². The molecule has 0 spiro atoms. The van der Waals surface area contributed by atoms with E-state index in [1.54, 1.807) is 30.3 Å². The summed E-state index contributed by atoms with van der Waals surface area (Å²) in [6.07, 6.45) is 12.5. The first-order valence-electron chi connectivity index (χ1n) is 39.9. The van der Waals surface area contributed by atoms with Crippen LogP contribution in [0.25, 0.3) is 38.1 Å². The summed E-state index contributed by atoms with van der Waals surface area (Å²) < 4.78 is 28.8. The van der Waals surface area contributed by atoms with Crippen molar-refractivity contribution < 1.29 is 18.9 Å². The number of aromatic nitrogens is 6. The molecular formula is C94H106N18O4. The number of hydrogen-bond donors (Lipinski definition) is 3. The van der Waals surface area contributed by atoms with E-state index in [2.05, 4.69) is 227 Å². The number of nitrogens with one attached hydrogen (secondary N) is 2. The second kappa shape index (κ2) is 44.5. The molecule has 0 amide bonds. The van der Waals surface area contributed by atoms with Crippen molar-refractivity contribution in [3.05, 3.63) is 300 Å². The first-order chi connectivity index (χ1) is 56.8. The molecule has 7 heterocycles. The van der Waals surface area contributed by atoms with E-state index >= 15 is 0 Å². The number of para-hydroxylation sites is 9. The molecule has 4 aliphatic heterocycles. The molecule has 12 aromatic rings. The Morgan fingerprint density at radius 1 is 0.500 bits per heavy atom. The van der Waals surface area contributed by atoms with Gasteiger partial charge in [-0.25, -0.2) is 15.0 Å². The summed E-state index contributed by atoms with van der Waals surface area (Å²) in [5, 5.41) is 35.5. The number of imidazole rings is 3. The highest BCUT2D eigenvalue weighted by molar-refractivity contribution is 5.82. The van der Waals surface area contributed by atoms with Gasteiger partial charge in [0, 0.05) is 88.7 Å². The van der Waals surface area contributed by atoms with Crippen LogP contribution in [0, 0.1) is 61.6 Å². The van der Waals surface area contributed by atoms with Crippen molar-refractivity contribution in [2.75, 3.05) is 65.6 Å². The lowest BCUT2D eigenvalue weighted by Gasteiger charge is -2.43. The molecule has 4 fully saturated rings. The molecule has 3 aromatic heterocycles. The average molecular weight is 1550 g/mol. The number of amidine groups is 1. The summed E-state index contributed by atoms with van der Waals surface area (Å²) in [4.78, 5) is 30.0. The fourth-order valence-corrected chi connectivity index (χ4v) is 15.3. The van der Waals surface area contributed by atoms with Crippen molar-refractivity contribution in [3.8, 4) is 35.7 Å². The lowest BCUT2D eigenvalue weighted by molar-refractivity contribution is 0.186. The van der Waals surface area contributed by atoms with Crippen molar-refractivity contribution in [1.82, 2.24) is 49.1 Å². The Morgan fingerprint density at radius 2 is 0.828 bits per heavy atom. The molecule has 4 aliphatic rings. The number of ether oxygens (including phenoxy) is 4. The van der Waals surface area contributed by atoms with E-state index in [1.165, 1.54) is 60.3 Å². The van der Waals surface area contributed by atoms with Gasteiger partial charge in [0.2, 0.25) is 12.2 Å². The molecule has 0 saturated carbocycles. The third-order valence-corrected chi connectivity index (χ3v) is 21.1. The summed E-state index contributed by atoms with van der Waals surface area (Å²) >= 11 is 0. The van der Waals surface area contributed by atoms with E-state index in [-0.39, 0.29) is 22.3 Å². The predicted molar refractivity (Wildman–Crippen MR) is 463 cm³/mol. The molecule has 4 N–H and O–H groups in total. The van der Waals surface area contributed by atoms with Crippen LogP contribution in [0.1, 0.15) is 106 Å². The second-order valence-corrected chi connectivity index (χ2v) is 28.6. The Bertz CT molecular complexity index is 5180. The van der Waals surface area contributed by atoms with E-state index in [0.717, 1.165) is 144 Å². The fraction of sp³-hybridized carbons (Fsp3) is 0.319. The van der Waals surface area contributed by atoms with Gasteiger partial charge in [-0.2, -0.15) is 22.4 Å². The van der Waals surface area contributed by atoms with Gasteiger partial charge in [-0.1, -0.05) is 189 Å². The van der Waals surface area contributed by atoms with Crippen molar-refractivity contribution in [3.63, 3.8) is 0 Å². The molecule has 22 heteroatoms. The van der Waals surface area contributed by atoms with Gasteiger partial charge in [0.05, 0.1) is 39.2 Å². The van der Waals surface area contributed by atoms with E-state index in [4.69, 9.17) is 56.7 Å². The summed E-state index contributed by atoms with van der Waals surface area (Å²) in [6.45, 7) is 29.9.